The van der Waals surface area contributed by atoms with E-state index in [2.05, 4.69) is 10.1 Å². The van der Waals surface area contributed by atoms with E-state index < -0.39 is 21.8 Å². The number of hydrogen-bond acceptors (Lipinski definition) is 5. The van der Waals surface area contributed by atoms with Crippen LogP contribution in [0, 0.1) is 5.82 Å². The Balaban J connectivity index is 2.44. The second-order valence-electron chi connectivity index (χ2n) is 5.12. The average Bonchev–Trinajstić information content (AvgIpc) is 2.54. The maximum atomic E-state index is 13.5. The minimum absolute atomic E-state index is 0.0404. The zero-order chi connectivity index (χ0) is 16.3. The van der Waals surface area contributed by atoms with Gasteiger partial charge in [0.25, 0.3) is 0 Å². The summed E-state index contributed by atoms with van der Waals surface area (Å²) in [6.07, 6.45) is 1.57. The van der Waals surface area contributed by atoms with Gasteiger partial charge in [0.15, 0.2) is 0 Å². The highest BCUT2D eigenvalue weighted by atomic mass is 32.2. The van der Waals surface area contributed by atoms with Crippen LogP contribution in [0.1, 0.15) is 23.2 Å². The van der Waals surface area contributed by atoms with E-state index in [1.165, 1.54) is 4.31 Å². The Labute approximate surface area is 129 Å². The van der Waals surface area contributed by atoms with Crippen molar-refractivity contribution in [1.29, 1.82) is 0 Å². The van der Waals surface area contributed by atoms with E-state index in [-0.39, 0.29) is 23.0 Å². The van der Waals surface area contributed by atoms with E-state index in [1.807, 2.05) is 0 Å². The maximum Gasteiger partial charge on any atom is 0.339 e. The summed E-state index contributed by atoms with van der Waals surface area (Å²) in [7, 11) is -1.04. The fourth-order valence-corrected chi connectivity index (χ4v) is 4.24. The SMILES string of the molecule is CNC1CCCN(S(=O)(=O)c2cc(F)ccc2C(=O)OC)C1. The maximum absolute atomic E-state index is 13.5. The van der Waals surface area contributed by atoms with Crippen LogP contribution in [-0.2, 0) is 14.8 Å². The first-order chi connectivity index (χ1) is 10.4. The molecule has 0 aromatic heterocycles. The van der Waals surface area contributed by atoms with E-state index in [4.69, 9.17) is 0 Å². The molecule has 0 saturated carbocycles. The Kier molecular flexibility index (Phi) is 5.15. The van der Waals surface area contributed by atoms with E-state index in [9.17, 15) is 17.6 Å². The lowest BCUT2D eigenvalue weighted by atomic mass is 10.1. The van der Waals surface area contributed by atoms with Gasteiger partial charge in [-0.25, -0.2) is 17.6 Å². The van der Waals surface area contributed by atoms with Crippen molar-refractivity contribution in [3.05, 3.63) is 29.6 Å². The number of hydrogen-bond donors (Lipinski definition) is 1. The van der Waals surface area contributed by atoms with Crippen LogP contribution in [0.15, 0.2) is 23.1 Å². The van der Waals surface area contributed by atoms with Crippen molar-refractivity contribution >= 4 is 16.0 Å². The molecule has 6 nitrogen and oxygen atoms in total. The summed E-state index contributed by atoms with van der Waals surface area (Å²) in [5.74, 6) is -1.52. The molecule has 0 bridgehead atoms. The summed E-state index contributed by atoms with van der Waals surface area (Å²) >= 11 is 0. The van der Waals surface area contributed by atoms with Crippen LogP contribution in [0.4, 0.5) is 4.39 Å². The predicted molar refractivity (Wildman–Crippen MR) is 78.6 cm³/mol. The molecule has 2 rings (SSSR count). The van der Waals surface area contributed by atoms with Crippen LogP contribution in [0.2, 0.25) is 0 Å². The van der Waals surface area contributed by atoms with Crippen molar-refractivity contribution in [2.75, 3.05) is 27.2 Å². The average molecular weight is 330 g/mol. The standard InChI is InChI=1S/C14H19FN2O4S/c1-16-11-4-3-7-17(9-11)22(19,20)13-8-10(15)5-6-12(13)14(18)21-2/h5-6,8,11,16H,3-4,7,9H2,1-2H3. The van der Waals surface area contributed by atoms with Gasteiger partial charge in [0, 0.05) is 19.1 Å². The number of ether oxygens (including phenoxy) is 1. The quantitative estimate of drug-likeness (QED) is 0.833. The number of likely N-dealkylation sites (N-methyl/N-ethyl adjacent to an activating group) is 1. The topological polar surface area (TPSA) is 75.7 Å². The van der Waals surface area contributed by atoms with Crippen molar-refractivity contribution < 1.29 is 22.3 Å². The lowest BCUT2D eigenvalue weighted by molar-refractivity contribution is 0.0596. The second kappa shape index (κ2) is 6.72. The number of rotatable bonds is 4. The third kappa shape index (κ3) is 3.29. The molecule has 0 aliphatic carbocycles. The molecular formula is C14H19FN2O4S. The smallest absolute Gasteiger partial charge is 0.339 e. The summed E-state index contributed by atoms with van der Waals surface area (Å²) in [6.45, 7) is 0.633. The highest BCUT2D eigenvalue weighted by molar-refractivity contribution is 7.89. The number of nitrogens with zero attached hydrogens (tertiary/aromatic N) is 1. The molecule has 1 aromatic rings. The van der Waals surface area contributed by atoms with E-state index in [1.54, 1.807) is 7.05 Å². The molecule has 1 unspecified atom stereocenters. The number of halogens is 1. The first-order valence-corrected chi connectivity index (χ1v) is 8.39. The van der Waals surface area contributed by atoms with Crippen LogP contribution in [0.3, 0.4) is 0 Å². The number of carbonyl (C=O) groups is 1. The van der Waals surface area contributed by atoms with Crippen molar-refractivity contribution in [2.24, 2.45) is 0 Å². The fourth-order valence-electron chi connectivity index (χ4n) is 2.52. The van der Waals surface area contributed by atoms with Crippen LogP contribution in [0.25, 0.3) is 0 Å². The summed E-state index contributed by atoms with van der Waals surface area (Å²) in [6, 6.07) is 3.08. The number of nitrogens with one attached hydrogen (secondary N) is 1. The zero-order valence-electron chi connectivity index (χ0n) is 12.5. The number of piperidine rings is 1. The number of carbonyl (C=O) groups excluding carboxylic acids is 1. The first kappa shape index (κ1) is 16.9. The van der Waals surface area contributed by atoms with Crippen LogP contribution in [0.5, 0.6) is 0 Å². The Morgan fingerprint density at radius 2 is 2.18 bits per heavy atom. The van der Waals surface area contributed by atoms with Crippen LogP contribution >= 0.6 is 0 Å². The molecule has 1 atom stereocenters. The molecule has 8 heteroatoms. The summed E-state index contributed by atoms with van der Waals surface area (Å²) in [5, 5.41) is 3.05. The second-order valence-corrected chi connectivity index (χ2v) is 7.03. The summed E-state index contributed by atoms with van der Waals surface area (Å²) in [5.41, 5.74) is -0.157. The Morgan fingerprint density at radius 3 is 2.82 bits per heavy atom. The van der Waals surface area contributed by atoms with Gasteiger partial charge in [0.05, 0.1) is 17.6 Å². The van der Waals surface area contributed by atoms with Gasteiger partial charge in [0.1, 0.15) is 5.82 Å². The van der Waals surface area contributed by atoms with Crippen molar-refractivity contribution in [1.82, 2.24) is 9.62 Å². The van der Waals surface area contributed by atoms with Gasteiger partial charge in [-0.2, -0.15) is 4.31 Å². The monoisotopic (exact) mass is 330 g/mol. The highest BCUT2D eigenvalue weighted by Crippen LogP contribution is 2.25. The molecular weight excluding hydrogens is 311 g/mol. The number of methoxy groups -OCH3 is 1. The van der Waals surface area contributed by atoms with Crippen LogP contribution < -0.4 is 5.32 Å². The minimum atomic E-state index is -3.96. The molecule has 1 fully saturated rings. The molecule has 22 heavy (non-hydrogen) atoms. The third-order valence-electron chi connectivity index (χ3n) is 3.76. The molecule has 1 saturated heterocycles. The molecule has 0 amide bonds. The molecule has 0 spiro atoms. The summed E-state index contributed by atoms with van der Waals surface area (Å²) < 4.78 is 44.9. The number of esters is 1. The Bertz CT molecular complexity index is 663. The van der Waals surface area contributed by atoms with Crippen LogP contribution in [-0.4, -0.2) is 52.0 Å². The normalized spacial score (nSPS) is 19.9. The largest absolute Gasteiger partial charge is 0.465 e. The number of sulfonamides is 1. The van der Waals surface area contributed by atoms with Gasteiger partial charge in [-0.3, -0.25) is 0 Å². The van der Waals surface area contributed by atoms with Gasteiger partial charge in [0.2, 0.25) is 10.0 Å². The Hall–Kier alpha value is -1.51. The minimum Gasteiger partial charge on any atom is -0.465 e. The van der Waals surface area contributed by atoms with Gasteiger partial charge in [-0.05, 0) is 38.1 Å². The van der Waals surface area contributed by atoms with Gasteiger partial charge < -0.3 is 10.1 Å². The van der Waals surface area contributed by atoms with Crippen molar-refractivity contribution in [3.8, 4) is 0 Å². The van der Waals surface area contributed by atoms with Gasteiger partial charge in [-0.15, -0.1) is 0 Å². The molecule has 1 heterocycles. The number of benzene rings is 1. The van der Waals surface area contributed by atoms with Gasteiger partial charge >= 0.3 is 5.97 Å². The molecule has 1 aliphatic heterocycles. The van der Waals surface area contributed by atoms with Crippen molar-refractivity contribution in [3.63, 3.8) is 0 Å². The lowest BCUT2D eigenvalue weighted by Gasteiger charge is -2.32. The fraction of sp³-hybridized carbons (Fsp3) is 0.500. The first-order valence-electron chi connectivity index (χ1n) is 6.95. The molecule has 1 aromatic carbocycles. The molecule has 1 N–H and O–H groups in total. The summed E-state index contributed by atoms with van der Waals surface area (Å²) in [4.78, 5) is 11.4. The van der Waals surface area contributed by atoms with E-state index >= 15 is 0 Å². The lowest BCUT2D eigenvalue weighted by Crippen LogP contribution is -2.47. The zero-order valence-corrected chi connectivity index (χ0v) is 13.3. The molecule has 0 radical (unpaired) electrons. The Morgan fingerprint density at radius 1 is 1.45 bits per heavy atom. The highest BCUT2D eigenvalue weighted by Gasteiger charge is 2.33. The van der Waals surface area contributed by atoms with Gasteiger partial charge in [-0.1, -0.05) is 0 Å². The van der Waals surface area contributed by atoms with E-state index in [0.717, 1.165) is 31.7 Å². The van der Waals surface area contributed by atoms with Crippen molar-refractivity contribution in [2.45, 2.75) is 23.8 Å². The molecule has 122 valence electrons. The third-order valence-corrected chi connectivity index (χ3v) is 5.66. The molecule has 1 aliphatic rings. The predicted octanol–water partition coefficient (Wildman–Crippen LogP) is 0.985. The van der Waals surface area contributed by atoms with E-state index in [0.29, 0.717) is 13.0 Å².